The number of carbonyl (C=O) groups excluding carboxylic acids is 1. The standard InChI is InChI=1S/C22H30N4O2/c23-12-11-22(27)25-15-20-6-2-4-14-26(20)16-18-7-9-21(10-8-18)28-17-19-5-1-3-13-24-19/h1,3,5,7-10,13,20H,2,4,6,11-12,14-17,23H2,(H,25,27). The molecular weight excluding hydrogens is 352 g/mol. The summed E-state index contributed by atoms with van der Waals surface area (Å²) in [6, 6.07) is 14.5. The number of hydrogen-bond acceptors (Lipinski definition) is 5. The van der Waals surface area contributed by atoms with Crippen LogP contribution in [-0.4, -0.2) is 41.5 Å². The van der Waals surface area contributed by atoms with E-state index in [1.54, 1.807) is 6.20 Å². The molecule has 0 spiro atoms. The average molecular weight is 383 g/mol. The number of nitrogens with zero attached hydrogens (tertiary/aromatic N) is 2. The van der Waals surface area contributed by atoms with Crippen molar-refractivity contribution in [3.05, 3.63) is 59.9 Å². The fourth-order valence-electron chi connectivity index (χ4n) is 3.52. The van der Waals surface area contributed by atoms with Gasteiger partial charge < -0.3 is 15.8 Å². The molecule has 6 heteroatoms. The Morgan fingerprint density at radius 1 is 1.21 bits per heavy atom. The Balaban J connectivity index is 1.50. The van der Waals surface area contributed by atoms with Gasteiger partial charge in [0, 0.05) is 38.3 Å². The van der Waals surface area contributed by atoms with Gasteiger partial charge in [0.25, 0.3) is 0 Å². The van der Waals surface area contributed by atoms with Crippen molar-refractivity contribution < 1.29 is 9.53 Å². The fraction of sp³-hybridized carbons (Fsp3) is 0.455. The maximum Gasteiger partial charge on any atom is 0.221 e. The Labute approximate surface area is 167 Å². The van der Waals surface area contributed by atoms with Gasteiger partial charge in [-0.2, -0.15) is 0 Å². The first-order chi connectivity index (χ1) is 13.7. The van der Waals surface area contributed by atoms with Gasteiger partial charge in [-0.05, 0) is 49.2 Å². The number of carbonyl (C=O) groups is 1. The molecule has 1 fully saturated rings. The SMILES string of the molecule is NCCC(=O)NCC1CCCCN1Cc1ccc(OCc2ccccn2)cc1. The van der Waals surface area contributed by atoms with Crippen LogP contribution in [0.25, 0.3) is 0 Å². The van der Waals surface area contributed by atoms with E-state index in [9.17, 15) is 4.79 Å². The molecule has 1 amide bonds. The Morgan fingerprint density at radius 3 is 2.82 bits per heavy atom. The lowest BCUT2D eigenvalue weighted by Gasteiger charge is -2.36. The number of hydrogen-bond donors (Lipinski definition) is 2. The van der Waals surface area contributed by atoms with Crippen molar-refractivity contribution in [3.63, 3.8) is 0 Å². The summed E-state index contributed by atoms with van der Waals surface area (Å²) in [6.07, 6.45) is 5.71. The zero-order chi connectivity index (χ0) is 19.6. The van der Waals surface area contributed by atoms with Crippen molar-refractivity contribution >= 4 is 5.91 Å². The van der Waals surface area contributed by atoms with Crippen LogP contribution in [0.3, 0.4) is 0 Å². The molecule has 2 aromatic rings. The minimum absolute atomic E-state index is 0.0439. The Kier molecular flexibility index (Phi) is 7.82. The number of ether oxygens (including phenoxy) is 1. The van der Waals surface area contributed by atoms with Crippen LogP contribution in [0.1, 0.15) is 36.9 Å². The van der Waals surface area contributed by atoms with Crippen LogP contribution >= 0.6 is 0 Å². The predicted molar refractivity (Wildman–Crippen MR) is 110 cm³/mol. The molecule has 1 aromatic heterocycles. The molecule has 0 radical (unpaired) electrons. The lowest BCUT2D eigenvalue weighted by Crippen LogP contribution is -2.46. The molecule has 1 atom stereocenters. The highest BCUT2D eigenvalue weighted by molar-refractivity contribution is 5.76. The van der Waals surface area contributed by atoms with Gasteiger partial charge in [-0.25, -0.2) is 0 Å². The minimum atomic E-state index is 0.0439. The Hall–Kier alpha value is -2.44. The number of nitrogens with two attached hydrogens (primary N) is 1. The molecule has 1 unspecified atom stereocenters. The van der Waals surface area contributed by atoms with Gasteiger partial charge in [0.05, 0.1) is 5.69 Å². The molecule has 28 heavy (non-hydrogen) atoms. The second-order valence-corrected chi connectivity index (χ2v) is 7.22. The number of nitrogens with one attached hydrogen (secondary N) is 1. The van der Waals surface area contributed by atoms with Crippen molar-refractivity contribution in [1.29, 1.82) is 0 Å². The normalized spacial score (nSPS) is 17.2. The third-order valence-electron chi connectivity index (χ3n) is 5.08. The maximum atomic E-state index is 11.7. The molecule has 0 aliphatic carbocycles. The molecule has 1 aliphatic heterocycles. The van der Waals surface area contributed by atoms with Crippen molar-refractivity contribution in [2.24, 2.45) is 5.73 Å². The highest BCUT2D eigenvalue weighted by Gasteiger charge is 2.22. The monoisotopic (exact) mass is 382 g/mol. The van der Waals surface area contributed by atoms with E-state index in [-0.39, 0.29) is 5.91 Å². The zero-order valence-electron chi connectivity index (χ0n) is 16.3. The van der Waals surface area contributed by atoms with Crippen molar-refractivity contribution in [3.8, 4) is 5.75 Å². The first-order valence-electron chi connectivity index (χ1n) is 10.1. The summed E-state index contributed by atoms with van der Waals surface area (Å²) >= 11 is 0. The van der Waals surface area contributed by atoms with Crippen LogP contribution in [0.2, 0.25) is 0 Å². The first kappa shape index (κ1) is 20.3. The lowest BCUT2D eigenvalue weighted by molar-refractivity contribution is -0.121. The molecule has 1 aromatic carbocycles. The smallest absolute Gasteiger partial charge is 0.221 e. The molecule has 0 bridgehead atoms. The van der Waals surface area contributed by atoms with Gasteiger partial charge in [0.2, 0.25) is 5.91 Å². The van der Waals surface area contributed by atoms with Gasteiger partial charge in [0.15, 0.2) is 0 Å². The molecule has 6 nitrogen and oxygen atoms in total. The van der Waals surface area contributed by atoms with Gasteiger partial charge >= 0.3 is 0 Å². The predicted octanol–water partition coefficient (Wildman–Crippen LogP) is 2.48. The van der Waals surface area contributed by atoms with E-state index >= 15 is 0 Å². The fourth-order valence-corrected chi connectivity index (χ4v) is 3.52. The maximum absolute atomic E-state index is 11.7. The second kappa shape index (κ2) is 10.8. The summed E-state index contributed by atoms with van der Waals surface area (Å²) in [6.45, 7) is 3.52. The largest absolute Gasteiger partial charge is 0.487 e. The quantitative estimate of drug-likeness (QED) is 0.696. The van der Waals surface area contributed by atoms with Gasteiger partial charge in [-0.1, -0.05) is 24.6 Å². The van der Waals surface area contributed by atoms with Crippen LogP contribution in [0.5, 0.6) is 5.75 Å². The van der Waals surface area contributed by atoms with Crippen LogP contribution in [0.15, 0.2) is 48.7 Å². The third kappa shape index (κ3) is 6.32. The summed E-state index contributed by atoms with van der Waals surface area (Å²) in [5.41, 5.74) is 7.62. The number of benzene rings is 1. The number of piperidine rings is 1. The first-order valence-corrected chi connectivity index (χ1v) is 10.1. The number of likely N-dealkylation sites (tertiary alicyclic amines) is 1. The highest BCUT2D eigenvalue weighted by atomic mass is 16.5. The molecule has 150 valence electrons. The van der Waals surface area contributed by atoms with Crippen molar-refractivity contribution in [2.45, 2.75) is 44.9 Å². The van der Waals surface area contributed by atoms with Crippen LogP contribution in [-0.2, 0) is 17.9 Å². The van der Waals surface area contributed by atoms with E-state index < -0.39 is 0 Å². The molecular formula is C22H30N4O2. The molecule has 1 saturated heterocycles. The average Bonchev–Trinajstić information content (AvgIpc) is 2.74. The van der Waals surface area contributed by atoms with Gasteiger partial charge in [-0.3, -0.25) is 14.7 Å². The van der Waals surface area contributed by atoms with Gasteiger partial charge in [-0.15, -0.1) is 0 Å². The van der Waals surface area contributed by atoms with E-state index in [0.29, 0.717) is 32.2 Å². The van der Waals surface area contributed by atoms with Crippen LogP contribution < -0.4 is 15.8 Å². The summed E-state index contributed by atoms with van der Waals surface area (Å²) in [4.78, 5) is 18.5. The highest BCUT2D eigenvalue weighted by Crippen LogP contribution is 2.21. The van der Waals surface area contributed by atoms with E-state index in [1.807, 2.05) is 30.3 Å². The lowest BCUT2D eigenvalue weighted by atomic mass is 10.0. The van der Waals surface area contributed by atoms with Crippen LogP contribution in [0.4, 0.5) is 0 Å². The van der Waals surface area contributed by atoms with E-state index in [0.717, 1.165) is 31.0 Å². The number of pyridine rings is 1. The minimum Gasteiger partial charge on any atom is -0.487 e. The number of aromatic nitrogens is 1. The summed E-state index contributed by atoms with van der Waals surface area (Å²) in [7, 11) is 0. The summed E-state index contributed by atoms with van der Waals surface area (Å²) in [5, 5.41) is 3.02. The van der Waals surface area contributed by atoms with E-state index in [2.05, 4.69) is 27.3 Å². The molecule has 2 heterocycles. The summed E-state index contributed by atoms with van der Waals surface area (Å²) in [5.74, 6) is 0.890. The zero-order valence-corrected chi connectivity index (χ0v) is 16.3. The molecule has 3 N–H and O–H groups in total. The summed E-state index contributed by atoms with van der Waals surface area (Å²) < 4.78 is 5.81. The van der Waals surface area contributed by atoms with E-state index in [1.165, 1.54) is 18.4 Å². The number of amides is 1. The van der Waals surface area contributed by atoms with Gasteiger partial charge in [0.1, 0.15) is 12.4 Å². The van der Waals surface area contributed by atoms with Crippen molar-refractivity contribution in [1.82, 2.24) is 15.2 Å². The van der Waals surface area contributed by atoms with E-state index in [4.69, 9.17) is 10.5 Å². The van der Waals surface area contributed by atoms with Crippen LogP contribution in [0, 0.1) is 0 Å². The Bertz CT molecular complexity index is 721. The molecule has 0 saturated carbocycles. The second-order valence-electron chi connectivity index (χ2n) is 7.22. The molecule has 3 rings (SSSR count). The topological polar surface area (TPSA) is 80.5 Å². The number of rotatable bonds is 9. The molecule has 1 aliphatic rings. The third-order valence-corrected chi connectivity index (χ3v) is 5.08. The Morgan fingerprint density at radius 2 is 2.07 bits per heavy atom. The van der Waals surface area contributed by atoms with Crippen molar-refractivity contribution in [2.75, 3.05) is 19.6 Å².